The largest absolute Gasteiger partial charge is 0.147 e. The average Bonchev–Trinajstić information content (AvgIpc) is 2.17. The highest BCUT2D eigenvalue weighted by Gasteiger charge is 2.18. The summed E-state index contributed by atoms with van der Waals surface area (Å²) in [5.74, 6) is 0.305. The van der Waals surface area contributed by atoms with E-state index in [1.807, 2.05) is 0 Å². The van der Waals surface area contributed by atoms with Crippen LogP contribution in [0.2, 0.25) is 20.1 Å². The Kier molecular flexibility index (Phi) is 7.43. The average molecular weight is 349 g/mol. The molecule has 0 aliphatic heterocycles. The second-order valence-corrected chi connectivity index (χ2v) is 4.53. The molecule has 0 spiro atoms. The van der Waals surface area contributed by atoms with Crippen molar-refractivity contribution in [1.82, 2.24) is 0 Å². The number of halogens is 7. The highest BCUT2D eigenvalue weighted by molar-refractivity contribution is 6.49. The molecule has 0 saturated heterocycles. The van der Waals surface area contributed by atoms with E-state index in [9.17, 15) is 0 Å². The van der Waals surface area contributed by atoms with Gasteiger partial charge < -0.3 is 0 Å². The quantitative estimate of drug-likeness (QED) is 0.440. The maximum absolute atomic E-state index is 5.94. The first-order valence-electron chi connectivity index (χ1n) is 3.50. The van der Waals surface area contributed by atoms with Crippen LogP contribution in [-0.2, 0) is 11.8 Å². The van der Waals surface area contributed by atoms with Gasteiger partial charge in [-0.3, -0.25) is 0 Å². The molecule has 0 nitrogen and oxygen atoms in total. The first kappa shape index (κ1) is 16.2. The zero-order valence-corrected chi connectivity index (χ0v) is 12.4. The zero-order chi connectivity index (χ0) is 10.9. The fraction of sp³-hybridized carbons (Fsp3) is 0.250. The van der Waals surface area contributed by atoms with E-state index >= 15 is 0 Å². The Morgan fingerprint density at radius 2 is 0.800 bits per heavy atom. The fourth-order valence-electron chi connectivity index (χ4n) is 0.957. The van der Waals surface area contributed by atoms with Gasteiger partial charge in [0, 0.05) is 11.1 Å². The summed E-state index contributed by atoms with van der Waals surface area (Å²) in [5.41, 5.74) is 1.05. The van der Waals surface area contributed by atoms with Gasteiger partial charge in [0.15, 0.2) is 0 Å². The lowest BCUT2D eigenvalue weighted by atomic mass is 10.1. The van der Waals surface area contributed by atoms with Gasteiger partial charge in [-0.15, -0.1) is 35.6 Å². The fourth-order valence-corrected chi connectivity index (χ4v) is 2.96. The summed E-state index contributed by atoms with van der Waals surface area (Å²) < 4.78 is 0. The molecule has 0 N–H and O–H groups in total. The van der Waals surface area contributed by atoms with Gasteiger partial charge in [-0.25, -0.2) is 0 Å². The van der Waals surface area contributed by atoms with Crippen molar-refractivity contribution in [1.29, 1.82) is 0 Å². The van der Waals surface area contributed by atoms with Gasteiger partial charge in [0.25, 0.3) is 0 Å². The predicted molar refractivity (Wildman–Crippen MR) is 72.8 cm³/mol. The van der Waals surface area contributed by atoms with Gasteiger partial charge in [-0.2, -0.15) is 0 Å². The number of alkyl halides is 2. The van der Waals surface area contributed by atoms with E-state index in [-0.39, 0.29) is 24.2 Å². The second-order valence-electron chi connectivity index (χ2n) is 2.48. The molecule has 0 unspecified atom stereocenters. The van der Waals surface area contributed by atoms with E-state index in [4.69, 9.17) is 69.6 Å². The lowest BCUT2D eigenvalue weighted by Crippen LogP contribution is -1.92. The van der Waals surface area contributed by atoms with Crippen molar-refractivity contribution < 1.29 is 0 Å². The molecule has 0 aromatic heterocycles. The molecule has 1 aromatic rings. The number of rotatable bonds is 2. The molecule has 86 valence electrons. The third-order valence-corrected chi connectivity index (χ3v) is 4.11. The van der Waals surface area contributed by atoms with E-state index in [1.165, 1.54) is 0 Å². The van der Waals surface area contributed by atoms with Crippen molar-refractivity contribution in [3.63, 3.8) is 0 Å². The minimum atomic E-state index is 0. The van der Waals surface area contributed by atoms with Crippen LogP contribution in [0.25, 0.3) is 0 Å². The summed E-state index contributed by atoms with van der Waals surface area (Å²) in [5, 5.41) is 1.25. The topological polar surface area (TPSA) is 0 Å². The smallest absolute Gasteiger partial charge is 0.0655 e. The van der Waals surface area contributed by atoms with Crippen LogP contribution in [0.5, 0.6) is 0 Å². The summed E-state index contributed by atoms with van der Waals surface area (Å²) in [6.07, 6.45) is 0. The minimum absolute atomic E-state index is 0. The molecule has 0 aliphatic carbocycles. The lowest BCUT2D eigenvalue weighted by molar-refractivity contribution is 1.33. The molecule has 0 radical (unpaired) electrons. The lowest BCUT2D eigenvalue weighted by Gasteiger charge is -2.12. The van der Waals surface area contributed by atoms with Crippen molar-refractivity contribution >= 4 is 82.0 Å². The Morgan fingerprint density at radius 3 is 0.933 bits per heavy atom. The molecule has 7 heteroatoms. The van der Waals surface area contributed by atoms with Crippen LogP contribution in [0.4, 0.5) is 0 Å². The van der Waals surface area contributed by atoms with E-state index in [2.05, 4.69) is 0 Å². The first-order chi connectivity index (χ1) is 6.54. The molecule has 0 aliphatic rings. The minimum Gasteiger partial charge on any atom is -0.147 e. The van der Waals surface area contributed by atoms with Gasteiger partial charge in [-0.05, 0) is 0 Å². The SMILES string of the molecule is Cl.ClCc1c(Cl)c(Cl)c(CCl)c(Cl)c1Cl. The Labute approximate surface area is 124 Å². The zero-order valence-electron chi connectivity index (χ0n) is 7.09. The molecule has 0 bridgehead atoms. The summed E-state index contributed by atoms with van der Waals surface area (Å²) in [6, 6.07) is 0. The van der Waals surface area contributed by atoms with E-state index in [0.29, 0.717) is 31.2 Å². The molecule has 0 heterocycles. The van der Waals surface area contributed by atoms with Crippen molar-refractivity contribution in [3.05, 3.63) is 31.2 Å². The highest BCUT2D eigenvalue weighted by atomic mass is 35.5. The monoisotopic (exact) mass is 346 g/mol. The van der Waals surface area contributed by atoms with Crippen molar-refractivity contribution in [2.24, 2.45) is 0 Å². The van der Waals surface area contributed by atoms with Crippen LogP contribution in [0, 0.1) is 0 Å². The summed E-state index contributed by atoms with van der Waals surface area (Å²) in [6.45, 7) is 0. The molecule has 0 fully saturated rings. The van der Waals surface area contributed by atoms with Crippen LogP contribution in [-0.4, -0.2) is 0 Å². The maximum atomic E-state index is 5.94. The standard InChI is InChI=1S/C8H4Cl6.ClH/c9-1-3-5(11)7(13)4(2-10)8(14)6(3)12;/h1-2H2;1H. The van der Waals surface area contributed by atoms with Crippen LogP contribution < -0.4 is 0 Å². The number of hydrogen-bond donors (Lipinski definition) is 0. The Morgan fingerprint density at radius 1 is 0.600 bits per heavy atom. The van der Waals surface area contributed by atoms with Gasteiger partial charge in [-0.1, -0.05) is 46.4 Å². The Bertz CT molecular complexity index is 296. The first-order valence-corrected chi connectivity index (χ1v) is 6.08. The predicted octanol–water partition coefficient (Wildman–Crippen LogP) is 6.20. The number of benzene rings is 1. The Balaban J connectivity index is 0.00000196. The van der Waals surface area contributed by atoms with Gasteiger partial charge in [0.2, 0.25) is 0 Å². The van der Waals surface area contributed by atoms with Crippen LogP contribution >= 0.6 is 82.0 Å². The maximum Gasteiger partial charge on any atom is 0.0655 e. The van der Waals surface area contributed by atoms with Gasteiger partial charge >= 0.3 is 0 Å². The van der Waals surface area contributed by atoms with Crippen molar-refractivity contribution in [2.75, 3.05) is 0 Å². The normalized spacial score (nSPS) is 10.0. The highest BCUT2D eigenvalue weighted by Crippen LogP contribution is 2.42. The number of hydrogen-bond acceptors (Lipinski definition) is 0. The molecule has 1 aromatic carbocycles. The molecule has 0 amide bonds. The van der Waals surface area contributed by atoms with E-state index < -0.39 is 0 Å². The summed E-state index contributed by atoms with van der Waals surface area (Å²) in [7, 11) is 0. The second kappa shape index (κ2) is 6.86. The third kappa shape index (κ3) is 3.13. The van der Waals surface area contributed by atoms with Crippen molar-refractivity contribution in [3.8, 4) is 0 Å². The van der Waals surface area contributed by atoms with Crippen molar-refractivity contribution in [2.45, 2.75) is 11.8 Å². The molecule has 0 atom stereocenters. The van der Waals surface area contributed by atoms with E-state index in [1.54, 1.807) is 0 Å². The van der Waals surface area contributed by atoms with Crippen LogP contribution in [0.1, 0.15) is 11.1 Å². The van der Waals surface area contributed by atoms with Crippen LogP contribution in [0.15, 0.2) is 0 Å². The molecular weight excluding hydrogens is 344 g/mol. The van der Waals surface area contributed by atoms with Gasteiger partial charge in [0.05, 0.1) is 31.9 Å². The molecule has 15 heavy (non-hydrogen) atoms. The third-order valence-electron chi connectivity index (χ3n) is 1.71. The molecule has 1 rings (SSSR count). The summed E-state index contributed by atoms with van der Waals surface area (Å²) in [4.78, 5) is 0. The molecular formula is C8H5Cl7. The van der Waals surface area contributed by atoms with E-state index in [0.717, 1.165) is 0 Å². The van der Waals surface area contributed by atoms with Crippen LogP contribution in [0.3, 0.4) is 0 Å². The molecule has 0 saturated carbocycles. The van der Waals surface area contributed by atoms with Gasteiger partial charge in [0.1, 0.15) is 0 Å². The Hall–Kier alpha value is 1.25. The summed E-state index contributed by atoms with van der Waals surface area (Å²) >= 11 is 35.1.